The molecule has 0 saturated carbocycles. The molecular formula is C21H18ClN3O3. The second-order valence-electron chi connectivity index (χ2n) is 6.06. The number of carbonyl (C=O) groups excluding carboxylic acids is 2. The second kappa shape index (κ2) is 8.54. The summed E-state index contributed by atoms with van der Waals surface area (Å²) in [6.45, 7) is 2.02. The number of rotatable bonds is 5. The number of amides is 1. The summed E-state index contributed by atoms with van der Waals surface area (Å²) in [6.07, 6.45) is 1.57. The van der Waals surface area contributed by atoms with Gasteiger partial charge in [-0.1, -0.05) is 29.3 Å². The first-order valence-electron chi connectivity index (χ1n) is 8.45. The summed E-state index contributed by atoms with van der Waals surface area (Å²) in [6, 6.07) is 15.8. The lowest BCUT2D eigenvalue weighted by Crippen LogP contribution is -2.14. The molecule has 28 heavy (non-hydrogen) atoms. The number of nitrogens with one attached hydrogen (secondary N) is 2. The SMILES string of the molecule is COC(=O)c1ccc(Cl)c(NC(=O)c2ccc(Nc3ccc(C)cc3)cn2)c1. The lowest BCUT2D eigenvalue weighted by molar-refractivity contribution is 0.0600. The summed E-state index contributed by atoms with van der Waals surface area (Å²) in [7, 11) is 1.28. The number of ether oxygens (including phenoxy) is 1. The molecule has 2 N–H and O–H groups in total. The van der Waals surface area contributed by atoms with Gasteiger partial charge >= 0.3 is 5.97 Å². The third kappa shape index (κ3) is 4.66. The topological polar surface area (TPSA) is 80.3 Å². The van der Waals surface area contributed by atoms with Crippen LogP contribution in [-0.2, 0) is 4.74 Å². The minimum absolute atomic E-state index is 0.217. The van der Waals surface area contributed by atoms with Crippen molar-refractivity contribution in [3.63, 3.8) is 0 Å². The molecule has 7 heteroatoms. The number of halogens is 1. The third-order valence-electron chi connectivity index (χ3n) is 3.97. The van der Waals surface area contributed by atoms with Gasteiger partial charge in [-0.15, -0.1) is 0 Å². The van der Waals surface area contributed by atoms with Gasteiger partial charge in [0.15, 0.2) is 0 Å². The Morgan fingerprint density at radius 3 is 2.36 bits per heavy atom. The first-order chi connectivity index (χ1) is 13.5. The Morgan fingerprint density at radius 2 is 1.71 bits per heavy atom. The van der Waals surface area contributed by atoms with Crippen LogP contribution in [0, 0.1) is 6.92 Å². The number of pyridine rings is 1. The number of hydrogen-bond acceptors (Lipinski definition) is 5. The van der Waals surface area contributed by atoms with Crippen LogP contribution in [0.15, 0.2) is 60.8 Å². The molecule has 0 aliphatic rings. The molecule has 0 unspecified atom stereocenters. The van der Waals surface area contributed by atoms with E-state index in [1.807, 2.05) is 31.2 Å². The highest BCUT2D eigenvalue weighted by Gasteiger charge is 2.13. The van der Waals surface area contributed by atoms with Crippen molar-refractivity contribution in [1.29, 1.82) is 0 Å². The number of esters is 1. The number of aromatic nitrogens is 1. The molecule has 0 radical (unpaired) electrons. The molecule has 2 aromatic carbocycles. The van der Waals surface area contributed by atoms with Crippen LogP contribution >= 0.6 is 11.6 Å². The Bertz CT molecular complexity index is 1000. The average molecular weight is 396 g/mol. The van der Waals surface area contributed by atoms with Gasteiger partial charge in [0, 0.05) is 5.69 Å². The quantitative estimate of drug-likeness (QED) is 0.605. The van der Waals surface area contributed by atoms with Crippen molar-refractivity contribution >= 4 is 40.5 Å². The van der Waals surface area contributed by atoms with Crippen LogP contribution < -0.4 is 10.6 Å². The number of benzene rings is 2. The Balaban J connectivity index is 1.71. The van der Waals surface area contributed by atoms with Crippen LogP contribution in [0.4, 0.5) is 17.1 Å². The molecule has 0 aliphatic heterocycles. The molecule has 6 nitrogen and oxygen atoms in total. The van der Waals surface area contributed by atoms with Crippen molar-refractivity contribution in [3.05, 3.63) is 82.6 Å². The molecule has 0 spiro atoms. The van der Waals surface area contributed by atoms with E-state index in [0.29, 0.717) is 10.7 Å². The minimum Gasteiger partial charge on any atom is -0.465 e. The van der Waals surface area contributed by atoms with E-state index in [4.69, 9.17) is 11.6 Å². The maximum Gasteiger partial charge on any atom is 0.337 e. The zero-order chi connectivity index (χ0) is 20.1. The van der Waals surface area contributed by atoms with Crippen molar-refractivity contribution in [2.75, 3.05) is 17.7 Å². The van der Waals surface area contributed by atoms with Crippen LogP contribution in [-0.4, -0.2) is 24.0 Å². The van der Waals surface area contributed by atoms with E-state index in [0.717, 1.165) is 11.4 Å². The van der Waals surface area contributed by atoms with E-state index in [1.54, 1.807) is 18.3 Å². The van der Waals surface area contributed by atoms with E-state index in [-0.39, 0.29) is 11.3 Å². The van der Waals surface area contributed by atoms with E-state index in [1.165, 1.54) is 30.9 Å². The highest BCUT2D eigenvalue weighted by Crippen LogP contribution is 2.24. The summed E-state index contributed by atoms with van der Waals surface area (Å²) in [4.78, 5) is 28.3. The number of hydrogen-bond donors (Lipinski definition) is 2. The van der Waals surface area contributed by atoms with Crippen molar-refractivity contribution in [2.45, 2.75) is 6.92 Å². The number of anilines is 3. The van der Waals surface area contributed by atoms with Crippen molar-refractivity contribution in [3.8, 4) is 0 Å². The van der Waals surface area contributed by atoms with Crippen LogP contribution in [0.25, 0.3) is 0 Å². The fourth-order valence-electron chi connectivity index (χ4n) is 2.46. The maximum atomic E-state index is 12.5. The van der Waals surface area contributed by atoms with Gasteiger partial charge in [0.1, 0.15) is 5.69 Å². The summed E-state index contributed by atoms with van der Waals surface area (Å²) in [5.41, 5.74) is 3.66. The minimum atomic E-state index is -0.517. The molecule has 0 bridgehead atoms. The smallest absolute Gasteiger partial charge is 0.337 e. The van der Waals surface area contributed by atoms with Crippen LogP contribution in [0.3, 0.4) is 0 Å². The van der Waals surface area contributed by atoms with Crippen molar-refractivity contribution < 1.29 is 14.3 Å². The second-order valence-corrected chi connectivity index (χ2v) is 6.47. The molecule has 1 aromatic heterocycles. The van der Waals surface area contributed by atoms with Gasteiger partial charge in [-0.2, -0.15) is 0 Å². The predicted molar refractivity (Wildman–Crippen MR) is 109 cm³/mol. The molecule has 0 aliphatic carbocycles. The molecule has 3 rings (SSSR count). The van der Waals surface area contributed by atoms with Crippen LogP contribution in [0.5, 0.6) is 0 Å². The largest absolute Gasteiger partial charge is 0.465 e. The van der Waals surface area contributed by atoms with Crippen molar-refractivity contribution in [1.82, 2.24) is 4.98 Å². The first-order valence-corrected chi connectivity index (χ1v) is 8.83. The van der Waals surface area contributed by atoms with E-state index in [2.05, 4.69) is 20.4 Å². The fraction of sp³-hybridized carbons (Fsp3) is 0.0952. The standard InChI is InChI=1S/C21H18ClN3O3/c1-13-3-6-15(7-4-13)24-16-8-10-18(23-12-16)20(26)25-19-11-14(21(27)28-2)5-9-17(19)22/h3-12,24H,1-2H3,(H,25,26). The summed E-state index contributed by atoms with van der Waals surface area (Å²) >= 11 is 6.10. The van der Waals surface area contributed by atoms with Crippen LogP contribution in [0.1, 0.15) is 26.4 Å². The number of carbonyl (C=O) groups is 2. The predicted octanol–water partition coefficient (Wildman–Crippen LogP) is 4.83. The van der Waals surface area contributed by atoms with Gasteiger partial charge in [0.05, 0.1) is 35.3 Å². The molecule has 0 saturated heterocycles. The number of aryl methyl sites for hydroxylation is 1. The van der Waals surface area contributed by atoms with Gasteiger partial charge in [0.2, 0.25) is 0 Å². The molecule has 142 valence electrons. The molecule has 0 atom stereocenters. The highest BCUT2D eigenvalue weighted by molar-refractivity contribution is 6.34. The van der Waals surface area contributed by atoms with Crippen LogP contribution in [0.2, 0.25) is 5.02 Å². The van der Waals surface area contributed by atoms with E-state index >= 15 is 0 Å². The normalized spacial score (nSPS) is 10.2. The third-order valence-corrected chi connectivity index (χ3v) is 4.30. The summed E-state index contributed by atoms with van der Waals surface area (Å²) < 4.78 is 4.68. The van der Waals surface area contributed by atoms with Gasteiger partial charge in [-0.3, -0.25) is 4.79 Å². The lowest BCUT2D eigenvalue weighted by Gasteiger charge is -2.10. The van der Waals surface area contributed by atoms with Gasteiger partial charge < -0.3 is 15.4 Å². The molecule has 0 fully saturated rings. The Labute approximate surface area is 167 Å². The lowest BCUT2D eigenvalue weighted by atomic mass is 10.2. The van der Waals surface area contributed by atoms with Crippen molar-refractivity contribution in [2.24, 2.45) is 0 Å². The number of methoxy groups -OCH3 is 1. The molecular weight excluding hydrogens is 378 g/mol. The van der Waals surface area contributed by atoms with E-state index in [9.17, 15) is 9.59 Å². The average Bonchev–Trinajstić information content (AvgIpc) is 2.71. The molecule has 1 amide bonds. The Morgan fingerprint density at radius 1 is 1.00 bits per heavy atom. The molecule has 1 heterocycles. The highest BCUT2D eigenvalue weighted by atomic mass is 35.5. The Kier molecular flexibility index (Phi) is 5.91. The fourth-order valence-corrected chi connectivity index (χ4v) is 2.62. The van der Waals surface area contributed by atoms with Gasteiger partial charge in [-0.25, -0.2) is 9.78 Å². The summed E-state index contributed by atoms with van der Waals surface area (Å²) in [5, 5.41) is 6.18. The maximum absolute atomic E-state index is 12.5. The first kappa shape index (κ1) is 19.4. The zero-order valence-electron chi connectivity index (χ0n) is 15.3. The monoisotopic (exact) mass is 395 g/mol. The number of nitrogens with zero attached hydrogens (tertiary/aromatic N) is 1. The van der Waals surface area contributed by atoms with Gasteiger partial charge in [0.25, 0.3) is 5.91 Å². The summed E-state index contributed by atoms with van der Waals surface area (Å²) in [5.74, 6) is -0.956. The van der Waals surface area contributed by atoms with Gasteiger partial charge in [-0.05, 0) is 49.4 Å². The zero-order valence-corrected chi connectivity index (χ0v) is 16.1. The Hall–Kier alpha value is -3.38. The van der Waals surface area contributed by atoms with E-state index < -0.39 is 11.9 Å². The molecule has 3 aromatic rings.